The fourth-order valence-electron chi connectivity index (χ4n) is 2.62. The molecule has 0 radical (unpaired) electrons. The number of carbonyl (C=O) groups excluding carboxylic acids is 2. The van der Waals surface area contributed by atoms with Crippen LogP contribution < -0.4 is 5.32 Å². The second-order valence-corrected chi connectivity index (χ2v) is 7.02. The molecule has 0 aliphatic heterocycles. The monoisotopic (exact) mass is 464 g/mol. The number of nitrogens with one attached hydrogen (secondary N) is 1. The second-order valence-electron chi connectivity index (χ2n) is 6.14. The fraction of sp³-hybridized carbons (Fsp3) is 0.222. The highest BCUT2D eigenvalue weighted by molar-refractivity contribution is 7.14. The van der Waals surface area contributed by atoms with Crippen LogP contribution in [-0.2, 0) is 11.2 Å². The molecule has 174 valence electrons. The highest BCUT2D eigenvalue weighted by Gasteiger charge is 2.15. The van der Waals surface area contributed by atoms with Gasteiger partial charge in [-0.3, -0.25) is 9.59 Å². The van der Waals surface area contributed by atoms with Crippen molar-refractivity contribution >= 4 is 29.2 Å². The molecule has 5 nitrogen and oxygen atoms in total. The van der Waals surface area contributed by atoms with Gasteiger partial charge in [-0.05, 0) is 36.6 Å². The Morgan fingerprint density at radius 3 is 2.21 bits per heavy atom. The van der Waals surface area contributed by atoms with E-state index in [1.165, 1.54) is 11.3 Å². The maximum atomic E-state index is 12.2. The molecule has 0 unspecified atom stereocenters. The molecule has 33 heavy (non-hydrogen) atoms. The van der Waals surface area contributed by atoms with Crippen LogP contribution >= 0.6 is 11.3 Å². The summed E-state index contributed by atoms with van der Waals surface area (Å²) in [5.41, 5.74) is 3.50. The Bertz CT molecular complexity index is 1000. The molecule has 0 bridgehead atoms. The Morgan fingerprint density at radius 1 is 1.12 bits per heavy atom. The average Bonchev–Trinajstić information content (AvgIpc) is 3.28. The number of carbonyl (C=O) groups is 2. The van der Waals surface area contributed by atoms with Crippen LogP contribution in [-0.4, -0.2) is 24.4 Å². The van der Waals surface area contributed by atoms with Gasteiger partial charge in [-0.15, -0.1) is 17.9 Å². The number of nitrogens with zero attached hydrogens (tertiary/aromatic N) is 1. The summed E-state index contributed by atoms with van der Waals surface area (Å²) in [6.45, 7) is 9.25. The lowest BCUT2D eigenvalue weighted by Crippen LogP contribution is -2.13. The Morgan fingerprint density at radius 2 is 1.70 bits per heavy atom. The van der Waals surface area contributed by atoms with Gasteiger partial charge in [0.2, 0.25) is 5.91 Å². The number of benzene rings is 2. The molecule has 2 aromatic carbocycles. The number of rotatable bonds is 6. The zero-order valence-electron chi connectivity index (χ0n) is 19.7. The summed E-state index contributed by atoms with van der Waals surface area (Å²) in [5.74, 6) is -0.124. The summed E-state index contributed by atoms with van der Waals surface area (Å²) in [4.78, 5) is 24.6. The molecule has 0 spiro atoms. The number of thiophene rings is 1. The van der Waals surface area contributed by atoms with Crippen molar-refractivity contribution in [2.24, 2.45) is 0 Å². The number of allylic oxidation sites excluding steroid dienone is 1. The van der Waals surface area contributed by atoms with Crippen molar-refractivity contribution in [1.29, 1.82) is 5.26 Å². The number of nitriles is 1. The zero-order chi connectivity index (χ0) is 25.1. The lowest BCUT2D eigenvalue weighted by molar-refractivity contribution is -0.116. The number of aryl methyl sites for hydroxylation is 1. The van der Waals surface area contributed by atoms with E-state index in [9.17, 15) is 9.59 Å². The molecule has 2 N–H and O–H groups in total. The number of aliphatic hydroxyl groups is 1. The quantitative estimate of drug-likeness (QED) is 0.322. The van der Waals surface area contributed by atoms with E-state index in [2.05, 4.69) is 18.0 Å². The summed E-state index contributed by atoms with van der Waals surface area (Å²) < 4.78 is 0. The molecule has 0 saturated heterocycles. The maximum absolute atomic E-state index is 12.2. The number of amides is 1. The topological polar surface area (TPSA) is 90.2 Å². The first-order chi connectivity index (χ1) is 16.1. The second kappa shape index (κ2) is 18.1. The molecule has 0 atom stereocenters. The maximum Gasteiger partial charge on any atom is 0.224 e. The van der Waals surface area contributed by atoms with Crippen LogP contribution in [0.5, 0.6) is 0 Å². The first kappa shape index (κ1) is 29.5. The van der Waals surface area contributed by atoms with Crippen LogP contribution in [0.2, 0.25) is 0 Å². The SMILES string of the molecule is C=CC.CC.CO.N#Cc1ccc(-c2scc(NC(=O)CCc3ccccc3)c2C=O)cc1. The third kappa shape index (κ3) is 10.1. The summed E-state index contributed by atoms with van der Waals surface area (Å²) >= 11 is 1.39. The predicted octanol–water partition coefficient (Wildman–Crippen LogP) is 6.50. The summed E-state index contributed by atoms with van der Waals surface area (Å²) in [5, 5.41) is 20.5. The Labute approximate surface area is 201 Å². The lowest BCUT2D eigenvalue weighted by atomic mass is 10.1. The molecule has 0 aliphatic carbocycles. The summed E-state index contributed by atoms with van der Waals surface area (Å²) in [7, 11) is 1.00. The van der Waals surface area contributed by atoms with E-state index in [0.717, 1.165) is 29.4 Å². The van der Waals surface area contributed by atoms with Crippen LogP contribution in [0.25, 0.3) is 10.4 Å². The van der Waals surface area contributed by atoms with E-state index in [1.807, 2.05) is 51.1 Å². The minimum Gasteiger partial charge on any atom is -0.400 e. The molecule has 0 fully saturated rings. The van der Waals surface area contributed by atoms with Crippen molar-refractivity contribution < 1.29 is 14.7 Å². The third-order valence-corrected chi connectivity index (χ3v) is 5.03. The molecule has 3 aromatic rings. The van der Waals surface area contributed by atoms with E-state index in [1.54, 1.807) is 35.7 Å². The number of anilines is 1. The van der Waals surface area contributed by atoms with Crippen molar-refractivity contribution in [3.8, 4) is 16.5 Å². The van der Waals surface area contributed by atoms with E-state index in [4.69, 9.17) is 10.4 Å². The standard InChI is InChI=1S/C21H16N2O2S.C3H6.C2H6.CH4O/c22-12-16-6-9-17(10-7-16)21-18(13-24)19(14-26-21)23-20(25)11-8-15-4-2-1-3-5-15;1-3-2;2*1-2/h1-7,9-10,13-14H,8,11H2,(H,23,25);3H,1H2,2H3;1-2H3;2H,1H3. The Hall–Kier alpha value is -3.53. The summed E-state index contributed by atoms with van der Waals surface area (Å²) in [6.07, 6.45) is 3.51. The van der Waals surface area contributed by atoms with Crippen LogP contribution in [0, 0.1) is 11.3 Å². The lowest BCUT2D eigenvalue weighted by Gasteiger charge is -2.05. The van der Waals surface area contributed by atoms with Crippen molar-refractivity contribution in [1.82, 2.24) is 0 Å². The van der Waals surface area contributed by atoms with Gasteiger partial charge in [0.15, 0.2) is 6.29 Å². The van der Waals surface area contributed by atoms with Gasteiger partial charge in [-0.25, -0.2) is 0 Å². The van der Waals surface area contributed by atoms with Gasteiger partial charge in [-0.2, -0.15) is 5.26 Å². The van der Waals surface area contributed by atoms with Crippen molar-refractivity contribution in [2.45, 2.75) is 33.6 Å². The first-order valence-electron chi connectivity index (χ1n) is 10.6. The third-order valence-electron chi connectivity index (χ3n) is 3.98. The van der Waals surface area contributed by atoms with Gasteiger partial charge in [0.05, 0.1) is 22.9 Å². The molecule has 0 aliphatic rings. The van der Waals surface area contributed by atoms with Gasteiger partial charge in [-0.1, -0.05) is 62.4 Å². The number of hydrogen-bond acceptors (Lipinski definition) is 5. The Balaban J connectivity index is 0.00000132. The van der Waals surface area contributed by atoms with Crippen molar-refractivity contribution in [3.05, 3.63) is 89.3 Å². The molecule has 0 saturated carbocycles. The van der Waals surface area contributed by atoms with Crippen LogP contribution in [0.15, 0.2) is 72.6 Å². The molecular formula is C27H32N2O3S. The smallest absolute Gasteiger partial charge is 0.224 e. The number of hydrogen-bond donors (Lipinski definition) is 2. The van der Waals surface area contributed by atoms with Gasteiger partial charge < -0.3 is 10.4 Å². The highest BCUT2D eigenvalue weighted by atomic mass is 32.1. The zero-order valence-corrected chi connectivity index (χ0v) is 20.5. The van der Waals surface area contributed by atoms with Crippen molar-refractivity contribution in [3.63, 3.8) is 0 Å². The normalized spacial score (nSPS) is 8.73. The molecule has 6 heteroatoms. The van der Waals surface area contributed by atoms with E-state index in [0.29, 0.717) is 29.7 Å². The van der Waals surface area contributed by atoms with E-state index >= 15 is 0 Å². The van der Waals surface area contributed by atoms with Gasteiger partial charge in [0.25, 0.3) is 0 Å². The summed E-state index contributed by atoms with van der Waals surface area (Å²) in [6, 6.07) is 18.9. The van der Waals surface area contributed by atoms with Crippen LogP contribution in [0.3, 0.4) is 0 Å². The average molecular weight is 465 g/mol. The van der Waals surface area contributed by atoms with Crippen LogP contribution in [0.1, 0.15) is 48.7 Å². The molecule has 1 heterocycles. The minimum absolute atomic E-state index is 0.124. The van der Waals surface area contributed by atoms with E-state index < -0.39 is 0 Å². The minimum atomic E-state index is -0.124. The number of aliphatic hydroxyl groups excluding tert-OH is 1. The highest BCUT2D eigenvalue weighted by Crippen LogP contribution is 2.35. The van der Waals surface area contributed by atoms with Gasteiger partial charge >= 0.3 is 0 Å². The Kier molecular flexibility index (Phi) is 16.1. The molecule has 1 aromatic heterocycles. The first-order valence-corrected chi connectivity index (χ1v) is 11.4. The van der Waals surface area contributed by atoms with Crippen LogP contribution in [0.4, 0.5) is 5.69 Å². The largest absolute Gasteiger partial charge is 0.400 e. The van der Waals surface area contributed by atoms with E-state index in [-0.39, 0.29) is 5.91 Å². The fourth-order valence-corrected chi connectivity index (χ4v) is 3.59. The van der Waals surface area contributed by atoms with Crippen molar-refractivity contribution in [2.75, 3.05) is 12.4 Å². The molecule has 3 rings (SSSR count). The molecule has 1 amide bonds. The molecular weight excluding hydrogens is 432 g/mol. The van der Waals surface area contributed by atoms with Gasteiger partial charge in [0, 0.05) is 23.8 Å². The predicted molar refractivity (Wildman–Crippen MR) is 139 cm³/mol. The van der Waals surface area contributed by atoms with Gasteiger partial charge in [0.1, 0.15) is 0 Å². The number of aldehydes is 1.